The lowest BCUT2D eigenvalue weighted by Gasteiger charge is -2.24. The van der Waals surface area contributed by atoms with Crippen molar-refractivity contribution < 1.29 is 0 Å². The molecule has 22 heavy (non-hydrogen) atoms. The molecule has 118 valence electrons. The standard InChI is InChI=1S/C17H23N3S2/c1-11-7-8-13-14(10-22-15(13)9-11)16-18-19-17(21)20(16)12-5-3-2-4-6-12/h10-12H,2-9H2,1H3,(H,19,21)/t11-/m1/s1. The van der Waals surface area contributed by atoms with Crippen LogP contribution in [-0.4, -0.2) is 14.8 Å². The number of rotatable bonds is 2. The number of hydrogen-bond acceptors (Lipinski definition) is 3. The second kappa shape index (κ2) is 5.93. The summed E-state index contributed by atoms with van der Waals surface area (Å²) in [5, 5.41) is 9.98. The van der Waals surface area contributed by atoms with E-state index in [1.54, 1.807) is 4.88 Å². The third kappa shape index (κ3) is 2.48. The van der Waals surface area contributed by atoms with Crippen molar-refractivity contribution in [3.05, 3.63) is 20.6 Å². The first-order valence-corrected chi connectivity index (χ1v) is 9.79. The van der Waals surface area contributed by atoms with E-state index in [1.807, 2.05) is 11.3 Å². The van der Waals surface area contributed by atoms with E-state index >= 15 is 0 Å². The highest BCUT2D eigenvalue weighted by Gasteiger charge is 2.26. The Kier molecular flexibility index (Phi) is 3.95. The molecule has 0 radical (unpaired) electrons. The zero-order valence-corrected chi connectivity index (χ0v) is 14.7. The molecule has 2 heterocycles. The van der Waals surface area contributed by atoms with Gasteiger partial charge >= 0.3 is 0 Å². The predicted octanol–water partition coefficient (Wildman–Crippen LogP) is 5.30. The first-order chi connectivity index (χ1) is 10.7. The normalized spacial score (nSPS) is 22.7. The summed E-state index contributed by atoms with van der Waals surface area (Å²) in [4.78, 5) is 1.57. The monoisotopic (exact) mass is 333 g/mol. The SMILES string of the molecule is C[C@@H]1CCc2c(-c3n[nH]c(=S)n3C3CCCCC3)csc2C1. The molecule has 2 aromatic heterocycles. The van der Waals surface area contributed by atoms with E-state index in [-0.39, 0.29) is 0 Å². The molecule has 1 fully saturated rings. The van der Waals surface area contributed by atoms with Gasteiger partial charge in [-0.3, -0.25) is 9.67 Å². The lowest BCUT2D eigenvalue weighted by Crippen LogP contribution is -2.15. The third-order valence-electron chi connectivity index (χ3n) is 5.29. The Hall–Kier alpha value is -0.940. The van der Waals surface area contributed by atoms with Crippen LogP contribution in [0, 0.1) is 10.7 Å². The van der Waals surface area contributed by atoms with Crippen LogP contribution < -0.4 is 0 Å². The lowest BCUT2D eigenvalue weighted by molar-refractivity contribution is 0.352. The van der Waals surface area contributed by atoms with Gasteiger partial charge in [0.2, 0.25) is 0 Å². The van der Waals surface area contributed by atoms with Crippen molar-refractivity contribution >= 4 is 23.6 Å². The minimum Gasteiger partial charge on any atom is -0.297 e. The van der Waals surface area contributed by atoms with Crippen molar-refractivity contribution in [3.8, 4) is 11.4 Å². The molecule has 0 unspecified atom stereocenters. The van der Waals surface area contributed by atoms with Gasteiger partial charge in [0.25, 0.3) is 0 Å². The molecule has 0 amide bonds. The summed E-state index contributed by atoms with van der Waals surface area (Å²) in [6, 6.07) is 0.535. The van der Waals surface area contributed by atoms with Crippen LogP contribution in [0.4, 0.5) is 0 Å². The van der Waals surface area contributed by atoms with Gasteiger partial charge in [0.05, 0.1) is 0 Å². The van der Waals surface area contributed by atoms with Crippen LogP contribution in [0.15, 0.2) is 5.38 Å². The molecule has 0 saturated heterocycles. The number of nitrogens with one attached hydrogen (secondary N) is 1. The van der Waals surface area contributed by atoms with E-state index < -0.39 is 0 Å². The number of thiophene rings is 1. The molecule has 3 nitrogen and oxygen atoms in total. The summed E-state index contributed by atoms with van der Waals surface area (Å²) in [5.74, 6) is 1.90. The first-order valence-electron chi connectivity index (χ1n) is 8.50. The largest absolute Gasteiger partial charge is 0.297 e. The first kappa shape index (κ1) is 14.6. The highest BCUT2D eigenvalue weighted by Crippen LogP contribution is 2.39. The maximum atomic E-state index is 5.55. The molecule has 1 atom stereocenters. The highest BCUT2D eigenvalue weighted by molar-refractivity contribution is 7.71. The lowest BCUT2D eigenvalue weighted by atomic mass is 9.88. The van der Waals surface area contributed by atoms with Gasteiger partial charge in [-0.25, -0.2) is 0 Å². The zero-order chi connectivity index (χ0) is 15.1. The van der Waals surface area contributed by atoms with Crippen LogP contribution in [0.1, 0.15) is 61.9 Å². The molecule has 1 saturated carbocycles. The number of aromatic nitrogens is 3. The van der Waals surface area contributed by atoms with Crippen molar-refractivity contribution in [2.75, 3.05) is 0 Å². The second-order valence-electron chi connectivity index (χ2n) is 6.91. The summed E-state index contributed by atoms with van der Waals surface area (Å²) < 4.78 is 3.11. The smallest absolute Gasteiger partial charge is 0.195 e. The van der Waals surface area contributed by atoms with Crippen LogP contribution >= 0.6 is 23.6 Å². The Bertz CT molecular complexity index is 719. The van der Waals surface area contributed by atoms with Gasteiger partial charge in [0, 0.05) is 21.9 Å². The van der Waals surface area contributed by atoms with Crippen LogP contribution in [0.25, 0.3) is 11.4 Å². The fraction of sp³-hybridized carbons (Fsp3) is 0.647. The maximum absolute atomic E-state index is 5.55. The van der Waals surface area contributed by atoms with E-state index in [1.165, 1.54) is 62.5 Å². The van der Waals surface area contributed by atoms with Gasteiger partial charge in [-0.15, -0.1) is 11.3 Å². The van der Waals surface area contributed by atoms with Gasteiger partial charge in [-0.2, -0.15) is 5.10 Å². The van der Waals surface area contributed by atoms with Crippen molar-refractivity contribution in [2.45, 2.75) is 64.3 Å². The summed E-state index contributed by atoms with van der Waals surface area (Å²) in [7, 11) is 0. The fourth-order valence-corrected chi connectivity index (χ4v) is 5.56. The molecule has 0 aromatic carbocycles. The number of nitrogens with zero attached hydrogens (tertiary/aromatic N) is 2. The van der Waals surface area contributed by atoms with E-state index in [2.05, 4.69) is 27.1 Å². The second-order valence-corrected chi connectivity index (χ2v) is 8.26. The van der Waals surface area contributed by atoms with Crippen LogP contribution in [0.3, 0.4) is 0 Å². The summed E-state index contributed by atoms with van der Waals surface area (Å²) in [6.07, 6.45) is 10.2. The molecule has 1 N–H and O–H groups in total. The number of aromatic amines is 1. The summed E-state index contributed by atoms with van der Waals surface area (Å²) in [6.45, 7) is 2.36. The number of H-pyrrole nitrogens is 1. The molecule has 5 heteroatoms. The summed E-state index contributed by atoms with van der Waals surface area (Å²) >= 11 is 7.46. The average Bonchev–Trinajstić information content (AvgIpc) is 3.11. The van der Waals surface area contributed by atoms with Crippen LogP contribution in [-0.2, 0) is 12.8 Å². The third-order valence-corrected chi connectivity index (χ3v) is 6.63. The molecule has 0 aliphatic heterocycles. The number of hydrogen-bond donors (Lipinski definition) is 1. The molecule has 4 rings (SSSR count). The van der Waals surface area contributed by atoms with Gasteiger partial charge in [-0.1, -0.05) is 26.2 Å². The molecule has 2 aliphatic rings. The topological polar surface area (TPSA) is 33.6 Å². The zero-order valence-electron chi connectivity index (χ0n) is 13.1. The van der Waals surface area contributed by atoms with E-state index in [4.69, 9.17) is 12.2 Å². The van der Waals surface area contributed by atoms with Crippen molar-refractivity contribution in [1.82, 2.24) is 14.8 Å². The fourth-order valence-electron chi connectivity index (χ4n) is 4.04. The van der Waals surface area contributed by atoms with Gasteiger partial charge in [0.1, 0.15) is 0 Å². The van der Waals surface area contributed by atoms with Gasteiger partial charge < -0.3 is 0 Å². The van der Waals surface area contributed by atoms with E-state index in [9.17, 15) is 0 Å². The molecular weight excluding hydrogens is 310 g/mol. The molecule has 2 aliphatic carbocycles. The van der Waals surface area contributed by atoms with Crippen molar-refractivity contribution in [1.29, 1.82) is 0 Å². The Morgan fingerprint density at radius 3 is 2.91 bits per heavy atom. The Morgan fingerprint density at radius 2 is 2.09 bits per heavy atom. The quantitative estimate of drug-likeness (QED) is 0.757. The Morgan fingerprint density at radius 1 is 1.27 bits per heavy atom. The predicted molar refractivity (Wildman–Crippen MR) is 94.0 cm³/mol. The van der Waals surface area contributed by atoms with E-state index in [0.29, 0.717) is 6.04 Å². The minimum atomic E-state index is 0.535. The van der Waals surface area contributed by atoms with Crippen molar-refractivity contribution in [2.24, 2.45) is 5.92 Å². The van der Waals surface area contributed by atoms with E-state index in [0.717, 1.165) is 16.5 Å². The van der Waals surface area contributed by atoms with Crippen LogP contribution in [0.2, 0.25) is 0 Å². The highest BCUT2D eigenvalue weighted by atomic mass is 32.1. The van der Waals surface area contributed by atoms with Gasteiger partial charge in [0.15, 0.2) is 10.6 Å². The molecular formula is C17H23N3S2. The van der Waals surface area contributed by atoms with Gasteiger partial charge in [-0.05, 0) is 55.8 Å². The van der Waals surface area contributed by atoms with Crippen molar-refractivity contribution in [3.63, 3.8) is 0 Å². The maximum Gasteiger partial charge on any atom is 0.195 e. The Balaban J connectivity index is 1.76. The van der Waals surface area contributed by atoms with Crippen LogP contribution in [0.5, 0.6) is 0 Å². The average molecular weight is 334 g/mol. The summed E-state index contributed by atoms with van der Waals surface area (Å²) in [5.41, 5.74) is 2.87. The Labute approximate surface area is 140 Å². The molecule has 2 aromatic rings. The molecule has 0 bridgehead atoms. The molecule has 0 spiro atoms. The minimum absolute atomic E-state index is 0.535. The number of fused-ring (bicyclic) bond motifs is 1.